The molecule has 0 aromatic carbocycles. The van der Waals surface area contributed by atoms with E-state index < -0.39 is 11.2 Å². The summed E-state index contributed by atoms with van der Waals surface area (Å²) in [6.45, 7) is 5.86. The number of rotatable bonds is 3. The molecular weight excluding hydrogens is 320 g/mol. The van der Waals surface area contributed by atoms with E-state index in [0.29, 0.717) is 28.7 Å². The van der Waals surface area contributed by atoms with E-state index in [0.717, 1.165) is 26.2 Å². The highest BCUT2D eigenvalue weighted by atomic mass is 35.5. The minimum Gasteiger partial charge on any atom is -0.343 e. The topological polar surface area (TPSA) is 92.5 Å². The van der Waals surface area contributed by atoms with E-state index in [1.54, 1.807) is 14.0 Å². The van der Waals surface area contributed by atoms with Crippen LogP contribution in [0.5, 0.6) is 0 Å². The maximum Gasteiger partial charge on any atom is 0.329 e. The normalized spacial score (nSPS) is 16.3. The number of nitrogens with one attached hydrogen (secondary N) is 1. The summed E-state index contributed by atoms with van der Waals surface area (Å²) in [4.78, 5) is 33.2. The summed E-state index contributed by atoms with van der Waals surface area (Å²) in [5.74, 6) is 0.703. The molecule has 1 fully saturated rings. The van der Waals surface area contributed by atoms with Crippen molar-refractivity contribution in [2.45, 2.75) is 13.5 Å². The van der Waals surface area contributed by atoms with E-state index in [1.165, 1.54) is 4.57 Å². The lowest BCUT2D eigenvalue weighted by Crippen LogP contribution is -2.89. The third kappa shape index (κ3) is 2.91. The molecule has 0 aliphatic carbocycles. The number of aromatic amines is 1. The van der Waals surface area contributed by atoms with Crippen molar-refractivity contribution >= 4 is 28.7 Å². The van der Waals surface area contributed by atoms with Crippen molar-refractivity contribution in [2.24, 2.45) is 7.05 Å². The molecule has 9 heteroatoms. The summed E-state index contributed by atoms with van der Waals surface area (Å²) in [6, 6.07) is 0. The lowest BCUT2D eigenvalue weighted by atomic mass is 10.4. The highest BCUT2D eigenvalue weighted by molar-refractivity contribution is 6.29. The van der Waals surface area contributed by atoms with Gasteiger partial charge in [0.1, 0.15) is 0 Å². The molecule has 3 N–H and O–H groups in total. The lowest BCUT2D eigenvalue weighted by Gasteiger charge is -2.26. The number of anilines is 1. The van der Waals surface area contributed by atoms with E-state index >= 15 is 0 Å². The van der Waals surface area contributed by atoms with Gasteiger partial charge < -0.3 is 14.8 Å². The highest BCUT2D eigenvalue weighted by Gasteiger charge is 2.23. The number of fused-ring (bicyclic) bond motifs is 1. The largest absolute Gasteiger partial charge is 0.343 e. The number of aromatic nitrogens is 4. The fourth-order valence-electron chi connectivity index (χ4n) is 2.80. The molecule has 0 spiro atoms. The van der Waals surface area contributed by atoms with Crippen LogP contribution in [0.25, 0.3) is 11.2 Å². The Bertz CT molecular complexity index is 868. The van der Waals surface area contributed by atoms with Gasteiger partial charge in [0.25, 0.3) is 5.56 Å². The first-order valence-electron chi connectivity index (χ1n) is 7.57. The Morgan fingerprint density at radius 1 is 1.39 bits per heavy atom. The number of nitrogens with two attached hydrogens (primary N) is 1. The highest BCUT2D eigenvalue weighted by Crippen LogP contribution is 2.20. The molecule has 1 aliphatic heterocycles. The molecule has 0 bridgehead atoms. The van der Waals surface area contributed by atoms with Gasteiger partial charge in [-0.3, -0.25) is 14.3 Å². The smallest absolute Gasteiger partial charge is 0.329 e. The van der Waals surface area contributed by atoms with Crippen molar-refractivity contribution in [2.75, 3.05) is 31.1 Å². The number of hydrogen-bond donors (Lipinski definition) is 2. The number of nitrogens with zero attached hydrogens (tertiary/aromatic N) is 4. The van der Waals surface area contributed by atoms with E-state index in [-0.39, 0.29) is 0 Å². The first-order valence-corrected chi connectivity index (χ1v) is 7.95. The van der Waals surface area contributed by atoms with Crippen molar-refractivity contribution in [1.82, 2.24) is 19.1 Å². The number of allylic oxidation sites excluding steroid dienone is 2. The molecular formula is C14H20ClN6O2+. The first kappa shape index (κ1) is 15.8. The quantitative estimate of drug-likeness (QED) is 0.746. The summed E-state index contributed by atoms with van der Waals surface area (Å²) >= 11 is 5.95. The third-order valence-corrected chi connectivity index (χ3v) is 4.19. The fourth-order valence-corrected chi connectivity index (χ4v) is 2.87. The van der Waals surface area contributed by atoms with Crippen molar-refractivity contribution in [3.63, 3.8) is 0 Å². The van der Waals surface area contributed by atoms with Crippen molar-refractivity contribution in [3.8, 4) is 0 Å². The number of imidazole rings is 1. The molecule has 1 saturated heterocycles. The van der Waals surface area contributed by atoms with Gasteiger partial charge >= 0.3 is 5.69 Å². The Hall–Kier alpha value is -2.06. The molecule has 0 amide bonds. The van der Waals surface area contributed by atoms with Crippen LogP contribution in [0.2, 0.25) is 0 Å². The molecule has 3 heterocycles. The maximum atomic E-state index is 12.3. The molecule has 0 saturated carbocycles. The summed E-state index contributed by atoms with van der Waals surface area (Å²) < 4.78 is 3.19. The second-order valence-electron chi connectivity index (χ2n) is 5.66. The SMILES string of the molecule is C/C(Cl)=C\Cn1c(N2CC[NH2+]CC2)nc2c1c(=O)[nH]c(=O)n2C. The van der Waals surface area contributed by atoms with Gasteiger partial charge in [0, 0.05) is 18.6 Å². The van der Waals surface area contributed by atoms with E-state index in [1.807, 2.05) is 10.6 Å². The van der Waals surface area contributed by atoms with Gasteiger partial charge in [0.2, 0.25) is 5.95 Å². The molecule has 2 aromatic heterocycles. The Morgan fingerprint density at radius 3 is 2.74 bits per heavy atom. The van der Waals surface area contributed by atoms with Gasteiger partial charge in [-0.15, -0.1) is 0 Å². The first-order chi connectivity index (χ1) is 11.0. The minimum absolute atomic E-state index is 0.393. The van der Waals surface area contributed by atoms with E-state index in [4.69, 9.17) is 11.6 Å². The predicted octanol–water partition coefficient (Wildman–Crippen LogP) is -1.05. The van der Waals surface area contributed by atoms with E-state index in [2.05, 4.69) is 20.2 Å². The van der Waals surface area contributed by atoms with Crippen LogP contribution in [0.15, 0.2) is 20.7 Å². The van der Waals surface area contributed by atoms with Crippen LogP contribution >= 0.6 is 11.6 Å². The average Bonchev–Trinajstić information content (AvgIpc) is 2.91. The second-order valence-corrected chi connectivity index (χ2v) is 6.25. The average molecular weight is 340 g/mol. The Balaban J connectivity index is 2.24. The Morgan fingerprint density at radius 2 is 2.09 bits per heavy atom. The predicted molar refractivity (Wildman–Crippen MR) is 89.1 cm³/mol. The van der Waals surface area contributed by atoms with Gasteiger partial charge in [0.05, 0.1) is 26.2 Å². The minimum atomic E-state index is -0.463. The van der Waals surface area contributed by atoms with Gasteiger partial charge in [0.15, 0.2) is 11.2 Å². The zero-order valence-electron chi connectivity index (χ0n) is 13.2. The fraction of sp³-hybridized carbons (Fsp3) is 0.500. The zero-order valence-corrected chi connectivity index (χ0v) is 13.9. The number of piperazine rings is 1. The van der Waals surface area contributed by atoms with Gasteiger partial charge in [-0.05, 0) is 6.92 Å². The molecule has 0 radical (unpaired) electrons. The van der Waals surface area contributed by atoms with E-state index in [9.17, 15) is 9.59 Å². The Labute approximate surface area is 137 Å². The lowest BCUT2D eigenvalue weighted by molar-refractivity contribution is -0.655. The molecule has 3 rings (SSSR count). The molecule has 8 nitrogen and oxygen atoms in total. The van der Waals surface area contributed by atoms with Gasteiger partial charge in [-0.2, -0.15) is 4.98 Å². The summed E-state index contributed by atoms with van der Waals surface area (Å²) in [6.07, 6.45) is 1.83. The second kappa shape index (κ2) is 6.21. The van der Waals surface area contributed by atoms with Crippen LogP contribution in [0.3, 0.4) is 0 Å². The number of aryl methyl sites for hydroxylation is 1. The van der Waals surface area contributed by atoms with Crippen LogP contribution in [0.4, 0.5) is 5.95 Å². The molecule has 2 aromatic rings. The monoisotopic (exact) mass is 339 g/mol. The summed E-state index contributed by atoms with van der Waals surface area (Å²) in [7, 11) is 1.61. The van der Waals surface area contributed by atoms with Crippen LogP contribution in [-0.2, 0) is 13.6 Å². The van der Waals surface area contributed by atoms with Crippen LogP contribution in [0.1, 0.15) is 6.92 Å². The number of quaternary nitrogens is 1. The van der Waals surface area contributed by atoms with Crippen molar-refractivity contribution in [3.05, 3.63) is 31.9 Å². The molecule has 1 aliphatic rings. The molecule has 124 valence electrons. The number of H-pyrrole nitrogens is 1. The summed E-state index contributed by atoms with van der Waals surface area (Å²) in [5.41, 5.74) is -0.101. The standard InChI is InChI=1S/C14H19ClN6O2/c1-9(15)3-6-21-10-11(19(2)14(23)18-12(10)22)17-13(21)20-7-4-16-5-8-20/h3,16H,4-8H2,1-2H3,(H,18,22,23)/p+1/b9-3+. The van der Waals surface area contributed by atoms with Gasteiger partial charge in [-0.1, -0.05) is 17.7 Å². The van der Waals surface area contributed by atoms with Crippen LogP contribution in [-0.4, -0.2) is 45.3 Å². The maximum absolute atomic E-state index is 12.3. The van der Waals surface area contributed by atoms with Crippen molar-refractivity contribution in [1.29, 1.82) is 0 Å². The molecule has 0 atom stereocenters. The molecule has 0 unspecified atom stereocenters. The number of halogens is 1. The van der Waals surface area contributed by atoms with Crippen LogP contribution in [0, 0.1) is 0 Å². The van der Waals surface area contributed by atoms with Crippen LogP contribution < -0.4 is 21.5 Å². The zero-order chi connectivity index (χ0) is 16.6. The Kier molecular flexibility index (Phi) is 4.27. The van der Waals surface area contributed by atoms with Gasteiger partial charge in [-0.25, -0.2) is 4.79 Å². The number of hydrogen-bond acceptors (Lipinski definition) is 4. The van der Waals surface area contributed by atoms with Crippen molar-refractivity contribution < 1.29 is 5.32 Å². The molecule has 23 heavy (non-hydrogen) atoms. The third-order valence-electron chi connectivity index (χ3n) is 4.03. The summed E-state index contributed by atoms with van der Waals surface area (Å²) in [5, 5.41) is 2.89.